The van der Waals surface area contributed by atoms with E-state index in [2.05, 4.69) is 22.3 Å². The van der Waals surface area contributed by atoms with Crippen molar-refractivity contribution in [3.8, 4) is 5.75 Å². The van der Waals surface area contributed by atoms with Crippen LogP contribution in [0.25, 0.3) is 0 Å². The number of hydrogen-bond donors (Lipinski definition) is 1. The van der Waals surface area contributed by atoms with E-state index in [9.17, 15) is 9.18 Å². The first-order valence-electron chi connectivity index (χ1n) is 10.1. The second kappa shape index (κ2) is 8.71. The molecule has 2 aromatic carbocycles. The summed E-state index contributed by atoms with van der Waals surface area (Å²) in [6.07, 6.45) is 0.904. The Hall–Kier alpha value is -3.12. The Morgan fingerprint density at radius 1 is 1.13 bits per heavy atom. The monoisotopic (exact) mass is 407 g/mol. The summed E-state index contributed by atoms with van der Waals surface area (Å²) < 4.78 is 20.4. The van der Waals surface area contributed by atoms with Crippen LogP contribution in [0.5, 0.6) is 5.75 Å². The number of methoxy groups -OCH3 is 1. The molecule has 0 radical (unpaired) electrons. The first-order chi connectivity index (χ1) is 14.5. The zero-order valence-electron chi connectivity index (χ0n) is 17.3. The molecular formula is C24H26FN3O2. The molecule has 0 atom stereocenters. The van der Waals surface area contributed by atoms with Gasteiger partial charge in [0.25, 0.3) is 5.91 Å². The van der Waals surface area contributed by atoms with Crippen LogP contribution in [-0.4, -0.2) is 29.0 Å². The number of nitrogens with zero attached hydrogens (tertiary/aromatic N) is 2. The molecule has 3 aromatic rings. The zero-order chi connectivity index (χ0) is 21.1. The maximum Gasteiger partial charge on any atom is 0.268 e. The average Bonchev–Trinajstić information content (AvgIpc) is 3.09. The van der Waals surface area contributed by atoms with E-state index in [1.807, 2.05) is 29.8 Å². The molecule has 2 heterocycles. The Bertz CT molecular complexity index is 1040. The fourth-order valence-corrected chi connectivity index (χ4v) is 4.01. The lowest BCUT2D eigenvalue weighted by atomic mass is 10.1. The highest BCUT2D eigenvalue weighted by atomic mass is 19.1. The molecule has 0 spiro atoms. The minimum absolute atomic E-state index is 0.115. The largest absolute Gasteiger partial charge is 0.497 e. The Morgan fingerprint density at radius 2 is 1.93 bits per heavy atom. The van der Waals surface area contributed by atoms with E-state index in [-0.39, 0.29) is 11.7 Å². The first-order valence-corrected chi connectivity index (χ1v) is 10.1. The van der Waals surface area contributed by atoms with E-state index < -0.39 is 0 Å². The van der Waals surface area contributed by atoms with Gasteiger partial charge in [0.2, 0.25) is 0 Å². The van der Waals surface area contributed by atoms with Gasteiger partial charge in [-0.1, -0.05) is 24.3 Å². The normalized spacial score (nSPS) is 13.7. The number of benzene rings is 2. The predicted molar refractivity (Wildman–Crippen MR) is 114 cm³/mol. The van der Waals surface area contributed by atoms with Crippen molar-refractivity contribution in [3.05, 3.63) is 88.5 Å². The number of halogens is 1. The van der Waals surface area contributed by atoms with Gasteiger partial charge in [0.15, 0.2) is 0 Å². The Morgan fingerprint density at radius 3 is 2.70 bits per heavy atom. The lowest BCUT2D eigenvalue weighted by Crippen LogP contribution is -2.30. The third-order valence-corrected chi connectivity index (χ3v) is 5.65. The molecular weight excluding hydrogens is 381 g/mol. The van der Waals surface area contributed by atoms with Crippen LogP contribution in [0.3, 0.4) is 0 Å². The third kappa shape index (κ3) is 4.39. The summed E-state index contributed by atoms with van der Waals surface area (Å²) in [5, 5.41) is 2.94. The minimum atomic E-state index is -0.279. The standard InChI is InChI=1S/C24H26FN3O2/c1-27-22-10-11-28(15-18-4-3-5-21(12-18)30-2)16-19(22)13-23(27)24(29)26-14-17-6-8-20(25)9-7-17/h3-9,12-13H,10-11,14-16H2,1-2H3,(H,26,29). The second-order valence-corrected chi connectivity index (χ2v) is 7.68. The smallest absolute Gasteiger partial charge is 0.268 e. The Labute approximate surface area is 176 Å². The second-order valence-electron chi connectivity index (χ2n) is 7.68. The van der Waals surface area contributed by atoms with E-state index in [1.54, 1.807) is 19.2 Å². The zero-order valence-corrected chi connectivity index (χ0v) is 17.3. The number of carbonyl (C=O) groups is 1. The fraction of sp³-hybridized carbons (Fsp3) is 0.292. The molecule has 0 bridgehead atoms. The highest BCUT2D eigenvalue weighted by Gasteiger charge is 2.23. The summed E-state index contributed by atoms with van der Waals surface area (Å²) in [5.74, 6) is 0.472. The van der Waals surface area contributed by atoms with Crippen LogP contribution in [0.15, 0.2) is 54.6 Å². The van der Waals surface area contributed by atoms with Crippen LogP contribution >= 0.6 is 0 Å². The fourth-order valence-electron chi connectivity index (χ4n) is 4.01. The van der Waals surface area contributed by atoms with Crippen molar-refractivity contribution in [1.82, 2.24) is 14.8 Å². The number of hydrogen-bond acceptors (Lipinski definition) is 3. The van der Waals surface area contributed by atoms with E-state index in [0.717, 1.165) is 37.4 Å². The highest BCUT2D eigenvalue weighted by molar-refractivity contribution is 5.93. The highest BCUT2D eigenvalue weighted by Crippen LogP contribution is 2.24. The Balaban J connectivity index is 1.42. The van der Waals surface area contributed by atoms with Gasteiger partial charge in [-0.25, -0.2) is 4.39 Å². The molecule has 30 heavy (non-hydrogen) atoms. The van der Waals surface area contributed by atoms with Crippen molar-refractivity contribution >= 4 is 5.91 Å². The quantitative estimate of drug-likeness (QED) is 0.678. The summed E-state index contributed by atoms with van der Waals surface area (Å²) in [4.78, 5) is 15.1. The van der Waals surface area contributed by atoms with Gasteiger partial charge < -0.3 is 14.6 Å². The molecule has 0 fully saturated rings. The summed E-state index contributed by atoms with van der Waals surface area (Å²) in [6.45, 7) is 2.97. The molecule has 0 saturated carbocycles. The van der Waals surface area contributed by atoms with E-state index in [1.165, 1.54) is 29.0 Å². The molecule has 1 amide bonds. The molecule has 156 valence electrons. The molecule has 0 unspecified atom stereocenters. The molecule has 6 heteroatoms. The number of carbonyl (C=O) groups excluding carboxylic acids is 1. The summed E-state index contributed by atoms with van der Waals surface area (Å²) >= 11 is 0. The molecule has 1 aliphatic heterocycles. The molecule has 0 saturated heterocycles. The van der Waals surface area contributed by atoms with E-state index in [4.69, 9.17) is 4.74 Å². The van der Waals surface area contributed by atoms with Crippen molar-refractivity contribution in [3.63, 3.8) is 0 Å². The molecule has 0 aliphatic carbocycles. The van der Waals surface area contributed by atoms with Crippen LogP contribution in [-0.2, 0) is 33.1 Å². The van der Waals surface area contributed by atoms with Crippen LogP contribution < -0.4 is 10.1 Å². The minimum Gasteiger partial charge on any atom is -0.497 e. The van der Waals surface area contributed by atoms with Gasteiger partial charge in [0.05, 0.1) is 7.11 Å². The summed E-state index contributed by atoms with van der Waals surface area (Å²) in [6, 6.07) is 16.3. The lowest BCUT2D eigenvalue weighted by molar-refractivity contribution is 0.0942. The number of rotatable bonds is 6. The van der Waals surface area contributed by atoms with Crippen LogP contribution in [0.4, 0.5) is 4.39 Å². The first kappa shape index (κ1) is 20.2. The molecule has 5 nitrogen and oxygen atoms in total. The summed E-state index contributed by atoms with van der Waals surface area (Å²) in [7, 11) is 3.63. The maximum absolute atomic E-state index is 13.0. The van der Waals surface area contributed by atoms with Gasteiger partial charge in [-0.05, 0) is 47.0 Å². The van der Waals surface area contributed by atoms with Crippen molar-refractivity contribution in [2.45, 2.75) is 26.1 Å². The van der Waals surface area contributed by atoms with Crippen molar-refractivity contribution < 1.29 is 13.9 Å². The van der Waals surface area contributed by atoms with Crippen LogP contribution in [0, 0.1) is 5.82 Å². The lowest BCUT2D eigenvalue weighted by Gasteiger charge is -2.27. The van der Waals surface area contributed by atoms with Crippen molar-refractivity contribution in [2.75, 3.05) is 13.7 Å². The number of aromatic nitrogens is 1. The average molecular weight is 407 g/mol. The predicted octanol–water partition coefficient (Wildman–Crippen LogP) is 3.66. The molecule has 4 rings (SSSR count). The molecule has 1 aromatic heterocycles. The number of amides is 1. The van der Waals surface area contributed by atoms with Gasteiger partial charge in [0, 0.05) is 45.3 Å². The van der Waals surface area contributed by atoms with Crippen LogP contribution in [0.2, 0.25) is 0 Å². The van der Waals surface area contributed by atoms with Gasteiger partial charge in [-0.15, -0.1) is 0 Å². The number of nitrogens with one attached hydrogen (secondary N) is 1. The van der Waals surface area contributed by atoms with Gasteiger partial charge in [-0.3, -0.25) is 9.69 Å². The SMILES string of the molecule is COc1cccc(CN2CCc3c(cc(C(=O)NCc4ccc(F)cc4)n3C)C2)c1. The van der Waals surface area contributed by atoms with Gasteiger partial charge in [-0.2, -0.15) is 0 Å². The van der Waals surface area contributed by atoms with E-state index in [0.29, 0.717) is 12.2 Å². The topological polar surface area (TPSA) is 46.5 Å². The van der Waals surface area contributed by atoms with Gasteiger partial charge in [0.1, 0.15) is 17.3 Å². The van der Waals surface area contributed by atoms with E-state index >= 15 is 0 Å². The van der Waals surface area contributed by atoms with Crippen LogP contribution in [0.1, 0.15) is 32.9 Å². The molecule has 1 N–H and O–H groups in total. The maximum atomic E-state index is 13.0. The Kier molecular flexibility index (Phi) is 5.86. The third-order valence-electron chi connectivity index (χ3n) is 5.65. The van der Waals surface area contributed by atoms with Crippen molar-refractivity contribution in [2.24, 2.45) is 7.05 Å². The van der Waals surface area contributed by atoms with Gasteiger partial charge >= 0.3 is 0 Å². The molecule has 1 aliphatic rings. The number of fused-ring (bicyclic) bond motifs is 1. The van der Waals surface area contributed by atoms with Crippen molar-refractivity contribution in [1.29, 1.82) is 0 Å². The number of ether oxygens (including phenoxy) is 1. The summed E-state index contributed by atoms with van der Waals surface area (Å²) in [5.41, 5.74) is 5.15.